The van der Waals surface area contributed by atoms with E-state index in [2.05, 4.69) is 24.0 Å². The van der Waals surface area contributed by atoms with E-state index in [1.54, 1.807) is 0 Å². The van der Waals surface area contributed by atoms with Crippen LogP contribution in [-0.2, 0) is 13.6 Å². The van der Waals surface area contributed by atoms with Gasteiger partial charge in [-0.25, -0.2) is 4.57 Å². The van der Waals surface area contributed by atoms with Crippen LogP contribution in [0.2, 0.25) is 5.28 Å². The first-order valence-corrected chi connectivity index (χ1v) is 5.77. The molecule has 1 rings (SSSR count). The smallest absolute Gasteiger partial charge is 0.448 e. The Morgan fingerprint density at radius 2 is 2.06 bits per heavy atom. The lowest BCUT2D eigenvalue weighted by atomic mass is 11.0. The molecule has 1 heterocycles. The van der Waals surface area contributed by atoms with Crippen molar-refractivity contribution in [2.24, 2.45) is 0 Å². The third kappa shape index (κ3) is 2.66. The first-order chi connectivity index (χ1) is 7.55. The Bertz CT molecular complexity index is 443. The van der Waals surface area contributed by atoms with Crippen molar-refractivity contribution in [3.8, 4) is 6.01 Å². The summed E-state index contributed by atoms with van der Waals surface area (Å²) in [6.45, 7) is 0. The summed E-state index contributed by atoms with van der Waals surface area (Å²) in [5.74, 6) is 0. The van der Waals surface area contributed by atoms with Gasteiger partial charge in [0.2, 0.25) is 5.28 Å². The van der Waals surface area contributed by atoms with Crippen LogP contribution in [0.25, 0.3) is 0 Å². The van der Waals surface area contributed by atoms with Gasteiger partial charge in [-0.15, -0.1) is 0 Å². The van der Waals surface area contributed by atoms with Crippen LogP contribution < -0.4 is 10.3 Å². The summed E-state index contributed by atoms with van der Waals surface area (Å²) < 4.78 is 25.8. The topological polar surface area (TPSA) is 107 Å². The lowest BCUT2D eigenvalue weighted by Crippen LogP contribution is -2.19. The maximum Gasteiger partial charge on any atom is 0.448 e. The third-order valence-corrected chi connectivity index (χ3v) is 3.16. The summed E-state index contributed by atoms with van der Waals surface area (Å²) in [4.78, 5) is 10.9. The molecule has 10 heteroatoms. The molecule has 8 nitrogen and oxygen atoms in total. The van der Waals surface area contributed by atoms with Crippen LogP contribution in [-0.4, -0.2) is 35.6 Å². The van der Waals surface area contributed by atoms with E-state index in [0.717, 1.165) is 7.11 Å². The van der Waals surface area contributed by atoms with Gasteiger partial charge in [0.25, 0.3) is 5.57 Å². The molecule has 1 N–H and O–H groups in total. The van der Waals surface area contributed by atoms with E-state index < -0.39 is 7.60 Å². The number of rotatable bonds is 5. The number of hydrogen-bond acceptors (Lipinski definition) is 8. The average molecular weight is 267 g/mol. The Balaban J connectivity index is 3.24. The van der Waals surface area contributed by atoms with Gasteiger partial charge in [0.1, 0.15) is 0 Å². The Labute approximate surface area is 96.0 Å². The third-order valence-electron chi connectivity index (χ3n) is 1.44. The van der Waals surface area contributed by atoms with Gasteiger partial charge in [-0.05, 0) is 11.6 Å². The van der Waals surface area contributed by atoms with E-state index in [1.807, 2.05) is 0 Å². The van der Waals surface area contributed by atoms with E-state index in [4.69, 9.17) is 21.7 Å². The second kappa shape index (κ2) is 5.20. The molecule has 0 saturated heterocycles. The predicted molar refractivity (Wildman–Crippen MR) is 55.5 cm³/mol. The summed E-state index contributed by atoms with van der Waals surface area (Å²) in [5, 5.41) is 6.51. The molecule has 1 aromatic heterocycles. The summed E-state index contributed by atoms with van der Waals surface area (Å²) in [6, 6.07) is -0.124. The summed E-state index contributed by atoms with van der Waals surface area (Å²) >= 11 is 5.56. The van der Waals surface area contributed by atoms with Crippen molar-refractivity contribution in [3.63, 3.8) is 0 Å². The first kappa shape index (κ1) is 12.8. The number of nitrogens with zero attached hydrogens (tertiary/aromatic N) is 3. The van der Waals surface area contributed by atoms with Crippen molar-refractivity contribution in [1.29, 1.82) is 5.41 Å². The zero-order chi connectivity index (χ0) is 12.2. The van der Waals surface area contributed by atoms with Gasteiger partial charge in [0.05, 0.1) is 7.11 Å². The quantitative estimate of drug-likeness (QED) is 0.473. The molecule has 0 radical (unpaired) electrons. The number of halogens is 1. The molecule has 0 aliphatic carbocycles. The zero-order valence-electron chi connectivity index (χ0n) is 8.38. The molecule has 88 valence electrons. The first-order valence-electron chi connectivity index (χ1n) is 3.85. The lowest BCUT2D eigenvalue weighted by molar-refractivity contribution is 0.330. The zero-order valence-corrected chi connectivity index (χ0v) is 10.0. The van der Waals surface area contributed by atoms with Crippen LogP contribution >= 0.6 is 19.2 Å². The van der Waals surface area contributed by atoms with Crippen LogP contribution in [0, 0.1) is 5.41 Å². The van der Waals surface area contributed by atoms with Gasteiger partial charge in [0.15, 0.2) is 6.40 Å². The molecular weight excluding hydrogens is 259 g/mol. The van der Waals surface area contributed by atoms with E-state index in [0.29, 0.717) is 6.40 Å². The monoisotopic (exact) mass is 266 g/mol. The van der Waals surface area contributed by atoms with Gasteiger partial charge < -0.3 is 9.26 Å². The fourth-order valence-corrected chi connectivity index (χ4v) is 1.90. The molecule has 1 aromatic rings. The molecule has 0 aliphatic rings. The highest BCUT2D eigenvalue weighted by atomic mass is 35.5. The van der Waals surface area contributed by atoms with Crippen molar-refractivity contribution in [3.05, 3.63) is 5.28 Å². The molecule has 0 saturated carbocycles. The SMILES string of the molecule is COc1nc(Cl)nc(P(=O)(OC)OC=N)n1. The van der Waals surface area contributed by atoms with Crippen LogP contribution in [0.3, 0.4) is 0 Å². The molecule has 1 unspecified atom stereocenters. The fraction of sp³-hybridized carbons (Fsp3) is 0.333. The van der Waals surface area contributed by atoms with E-state index >= 15 is 0 Å². The van der Waals surface area contributed by atoms with Crippen molar-refractivity contribution < 1.29 is 18.3 Å². The Hall–Kier alpha value is -1.24. The molecular formula is C6H8ClN4O4P. The Kier molecular flexibility index (Phi) is 4.17. The van der Waals surface area contributed by atoms with Crippen LogP contribution in [0.4, 0.5) is 0 Å². The highest BCUT2D eigenvalue weighted by Crippen LogP contribution is 2.44. The summed E-state index contributed by atoms with van der Waals surface area (Å²) in [5.41, 5.74) is -0.324. The van der Waals surface area contributed by atoms with E-state index in [1.165, 1.54) is 7.11 Å². The predicted octanol–water partition coefficient (Wildman–Crippen LogP) is 0.622. The lowest BCUT2D eigenvalue weighted by Gasteiger charge is -2.12. The van der Waals surface area contributed by atoms with Crippen LogP contribution in [0.5, 0.6) is 6.01 Å². The van der Waals surface area contributed by atoms with Gasteiger partial charge in [-0.3, -0.25) is 9.93 Å². The second-order valence-corrected chi connectivity index (χ2v) is 4.60. The number of hydrogen-bond donors (Lipinski definition) is 1. The van der Waals surface area contributed by atoms with Gasteiger partial charge in [-0.2, -0.15) is 15.0 Å². The van der Waals surface area contributed by atoms with Crippen molar-refractivity contribution in [1.82, 2.24) is 15.0 Å². The minimum atomic E-state index is -3.79. The largest absolute Gasteiger partial charge is 0.467 e. The fourth-order valence-electron chi connectivity index (χ4n) is 0.777. The molecule has 16 heavy (non-hydrogen) atoms. The second-order valence-electron chi connectivity index (χ2n) is 2.29. The number of aromatic nitrogens is 3. The Morgan fingerprint density at radius 1 is 1.38 bits per heavy atom. The average Bonchev–Trinajstić information content (AvgIpc) is 2.28. The highest BCUT2D eigenvalue weighted by Gasteiger charge is 2.32. The van der Waals surface area contributed by atoms with Crippen molar-refractivity contribution in [2.75, 3.05) is 14.2 Å². The van der Waals surface area contributed by atoms with Crippen LogP contribution in [0.1, 0.15) is 0 Å². The van der Waals surface area contributed by atoms with Gasteiger partial charge >= 0.3 is 13.6 Å². The minimum Gasteiger partial charge on any atom is -0.467 e. The van der Waals surface area contributed by atoms with E-state index in [-0.39, 0.29) is 16.9 Å². The number of ether oxygens (including phenoxy) is 1. The normalized spacial score (nSPS) is 13.9. The number of nitrogens with one attached hydrogen (secondary N) is 1. The number of methoxy groups -OCH3 is 1. The standard InChI is InChI=1S/C6H8ClN4O4P/c1-13-5-9-4(7)10-6(11-5)16(12,14-2)15-3-8/h3,8H,1-2H3. The minimum absolute atomic E-state index is 0.124. The molecule has 0 spiro atoms. The summed E-state index contributed by atoms with van der Waals surface area (Å²) in [7, 11) is -1.35. The highest BCUT2D eigenvalue weighted by molar-refractivity contribution is 7.62. The summed E-state index contributed by atoms with van der Waals surface area (Å²) in [6.07, 6.45) is 0.467. The molecule has 1 atom stereocenters. The van der Waals surface area contributed by atoms with Gasteiger partial charge in [-0.1, -0.05) is 0 Å². The van der Waals surface area contributed by atoms with Gasteiger partial charge in [0, 0.05) is 7.11 Å². The maximum atomic E-state index is 11.9. The maximum absolute atomic E-state index is 11.9. The molecule has 0 bridgehead atoms. The van der Waals surface area contributed by atoms with Crippen molar-refractivity contribution >= 4 is 31.2 Å². The van der Waals surface area contributed by atoms with E-state index in [9.17, 15) is 4.57 Å². The van der Waals surface area contributed by atoms with Crippen molar-refractivity contribution in [2.45, 2.75) is 0 Å². The van der Waals surface area contributed by atoms with Crippen LogP contribution in [0.15, 0.2) is 0 Å². The molecule has 0 fully saturated rings. The molecule has 0 amide bonds. The molecule has 0 aromatic carbocycles. The Morgan fingerprint density at radius 3 is 2.56 bits per heavy atom. The molecule has 0 aliphatic heterocycles.